The Morgan fingerprint density at radius 2 is 1.96 bits per heavy atom. The second kappa shape index (κ2) is 7.26. The summed E-state index contributed by atoms with van der Waals surface area (Å²) in [6, 6.07) is 3.64. The minimum absolute atomic E-state index is 0.0323. The van der Waals surface area contributed by atoms with E-state index in [1.54, 1.807) is 12.3 Å². The van der Waals surface area contributed by atoms with E-state index < -0.39 is 5.92 Å². The quantitative estimate of drug-likeness (QED) is 0.762. The van der Waals surface area contributed by atoms with Crippen LogP contribution in [0.4, 0.5) is 0 Å². The minimum Gasteiger partial charge on any atom is -0.468 e. The van der Waals surface area contributed by atoms with E-state index in [0.717, 1.165) is 43.5 Å². The summed E-state index contributed by atoms with van der Waals surface area (Å²) in [4.78, 5) is 26.3. The first-order chi connectivity index (χ1) is 13.4. The van der Waals surface area contributed by atoms with Gasteiger partial charge in [-0.1, -0.05) is 20.3 Å². The summed E-state index contributed by atoms with van der Waals surface area (Å²) in [5.74, 6) is -0.124. The van der Waals surface area contributed by atoms with E-state index in [0.29, 0.717) is 23.3 Å². The predicted molar refractivity (Wildman–Crippen MR) is 105 cm³/mol. The number of hydrogen-bond acceptors (Lipinski definition) is 5. The second-order valence-electron chi connectivity index (χ2n) is 9.11. The Hall–Kier alpha value is -2.30. The zero-order valence-electron chi connectivity index (χ0n) is 17.0. The van der Waals surface area contributed by atoms with Crippen molar-refractivity contribution in [3.05, 3.63) is 46.7 Å². The van der Waals surface area contributed by atoms with Crippen molar-refractivity contribution in [2.24, 2.45) is 5.41 Å². The van der Waals surface area contributed by atoms with Gasteiger partial charge in [0.05, 0.1) is 17.8 Å². The Labute approximate surface area is 166 Å². The van der Waals surface area contributed by atoms with Gasteiger partial charge in [0, 0.05) is 23.4 Å². The van der Waals surface area contributed by atoms with E-state index in [2.05, 4.69) is 19.2 Å². The number of carbonyl (C=O) groups excluding carboxylic acids is 2. The normalized spacial score (nSPS) is 25.4. The van der Waals surface area contributed by atoms with Gasteiger partial charge in [-0.25, -0.2) is 4.79 Å². The molecule has 0 unspecified atom stereocenters. The molecule has 5 heteroatoms. The molecular formula is C23H29NO4. The lowest BCUT2D eigenvalue weighted by molar-refractivity contribution is -0.146. The van der Waals surface area contributed by atoms with E-state index in [1.165, 1.54) is 6.42 Å². The van der Waals surface area contributed by atoms with Gasteiger partial charge in [0.1, 0.15) is 11.9 Å². The molecule has 2 aliphatic carbocycles. The van der Waals surface area contributed by atoms with Gasteiger partial charge in [-0.3, -0.25) is 4.79 Å². The molecule has 28 heavy (non-hydrogen) atoms. The van der Waals surface area contributed by atoms with Crippen LogP contribution in [0.2, 0.25) is 0 Å². The number of dihydropyridines is 1. The van der Waals surface area contributed by atoms with Crippen molar-refractivity contribution < 1.29 is 18.7 Å². The highest BCUT2D eigenvalue weighted by molar-refractivity contribution is 6.04. The number of ether oxygens (including phenoxy) is 1. The summed E-state index contributed by atoms with van der Waals surface area (Å²) >= 11 is 0. The van der Waals surface area contributed by atoms with Crippen LogP contribution in [0.1, 0.15) is 77.4 Å². The van der Waals surface area contributed by atoms with E-state index in [9.17, 15) is 9.59 Å². The average Bonchev–Trinajstić information content (AvgIpc) is 3.14. The van der Waals surface area contributed by atoms with Gasteiger partial charge >= 0.3 is 5.97 Å². The molecule has 150 valence electrons. The third-order valence-corrected chi connectivity index (χ3v) is 6.11. The molecule has 0 spiro atoms. The summed E-state index contributed by atoms with van der Waals surface area (Å²) < 4.78 is 11.6. The van der Waals surface area contributed by atoms with Crippen molar-refractivity contribution in [2.45, 2.75) is 77.7 Å². The SMILES string of the molecule is CC1=C(C(=O)OC2CCCCC2)[C@@H](c2ccco2)C2=C(CC(C)(C)CC2=O)N1. The molecule has 1 saturated carbocycles. The molecule has 1 atom stereocenters. The van der Waals surface area contributed by atoms with Crippen LogP contribution in [0.5, 0.6) is 0 Å². The number of ketones is 1. The zero-order chi connectivity index (χ0) is 19.9. The lowest BCUT2D eigenvalue weighted by Gasteiger charge is -2.39. The fourth-order valence-corrected chi connectivity index (χ4v) is 4.84. The summed E-state index contributed by atoms with van der Waals surface area (Å²) in [6.07, 6.45) is 8.02. The third kappa shape index (κ3) is 3.54. The number of Topliss-reactive ketones (excluding diaryl/α,β-unsaturated/α-hetero) is 1. The van der Waals surface area contributed by atoms with Crippen LogP contribution in [-0.2, 0) is 14.3 Å². The molecule has 1 N–H and O–H groups in total. The van der Waals surface area contributed by atoms with Gasteiger partial charge < -0.3 is 14.5 Å². The van der Waals surface area contributed by atoms with E-state index in [1.807, 2.05) is 13.0 Å². The Balaban J connectivity index is 1.71. The van der Waals surface area contributed by atoms with Gasteiger partial charge in [-0.15, -0.1) is 0 Å². The maximum atomic E-state index is 13.2. The number of allylic oxidation sites excluding steroid dienone is 3. The molecule has 1 fully saturated rings. The van der Waals surface area contributed by atoms with Crippen LogP contribution in [0, 0.1) is 5.41 Å². The van der Waals surface area contributed by atoms with Gasteiger partial charge in [0.25, 0.3) is 0 Å². The van der Waals surface area contributed by atoms with Gasteiger partial charge in [0.15, 0.2) is 5.78 Å². The largest absolute Gasteiger partial charge is 0.468 e. The number of rotatable bonds is 3. The third-order valence-electron chi connectivity index (χ3n) is 6.11. The number of esters is 1. The molecule has 1 aromatic rings. The Morgan fingerprint density at radius 3 is 2.64 bits per heavy atom. The fourth-order valence-electron chi connectivity index (χ4n) is 4.84. The van der Waals surface area contributed by atoms with Crippen molar-refractivity contribution in [3.8, 4) is 0 Å². The van der Waals surface area contributed by atoms with Gasteiger partial charge in [0.2, 0.25) is 0 Å². The van der Waals surface area contributed by atoms with Crippen LogP contribution in [0.25, 0.3) is 0 Å². The first kappa shape index (κ1) is 19.0. The first-order valence-electron chi connectivity index (χ1n) is 10.3. The lowest BCUT2D eigenvalue weighted by Crippen LogP contribution is -2.39. The Bertz CT molecular complexity index is 838. The Morgan fingerprint density at radius 1 is 1.21 bits per heavy atom. The molecule has 0 aromatic carbocycles. The first-order valence-corrected chi connectivity index (χ1v) is 10.3. The summed E-state index contributed by atoms with van der Waals surface area (Å²) in [5, 5.41) is 3.36. The molecule has 0 saturated heterocycles. The maximum Gasteiger partial charge on any atom is 0.337 e. The molecule has 4 rings (SSSR count). The number of nitrogens with one attached hydrogen (secondary N) is 1. The molecule has 0 amide bonds. The Kier molecular flexibility index (Phi) is 4.94. The number of hydrogen-bond donors (Lipinski definition) is 1. The lowest BCUT2D eigenvalue weighted by atomic mass is 9.69. The highest BCUT2D eigenvalue weighted by Crippen LogP contribution is 2.47. The average molecular weight is 383 g/mol. The van der Waals surface area contributed by atoms with Crippen molar-refractivity contribution in [2.75, 3.05) is 0 Å². The number of carbonyl (C=O) groups is 2. The minimum atomic E-state index is -0.494. The molecule has 2 heterocycles. The summed E-state index contributed by atoms with van der Waals surface area (Å²) in [7, 11) is 0. The molecular weight excluding hydrogens is 354 g/mol. The number of furan rings is 1. The summed E-state index contributed by atoms with van der Waals surface area (Å²) in [5.41, 5.74) is 2.74. The van der Waals surface area contributed by atoms with Crippen LogP contribution in [0.3, 0.4) is 0 Å². The van der Waals surface area contributed by atoms with Crippen LogP contribution in [-0.4, -0.2) is 17.9 Å². The fraction of sp³-hybridized carbons (Fsp3) is 0.565. The van der Waals surface area contributed by atoms with E-state index in [4.69, 9.17) is 9.15 Å². The molecule has 5 nitrogen and oxygen atoms in total. The molecule has 1 aromatic heterocycles. The van der Waals surface area contributed by atoms with Crippen molar-refractivity contribution in [1.29, 1.82) is 0 Å². The van der Waals surface area contributed by atoms with E-state index >= 15 is 0 Å². The van der Waals surface area contributed by atoms with Crippen molar-refractivity contribution in [1.82, 2.24) is 5.32 Å². The van der Waals surface area contributed by atoms with Crippen LogP contribution < -0.4 is 5.32 Å². The highest BCUT2D eigenvalue weighted by atomic mass is 16.5. The monoisotopic (exact) mass is 383 g/mol. The standard InChI is InChI=1S/C23H29NO4/c1-14-19(22(26)28-15-8-5-4-6-9-15)21(18-10-7-11-27-18)20-16(24-14)12-23(2,3)13-17(20)25/h7,10-11,15,21,24H,4-6,8-9,12-13H2,1-3H3/t21-/m1/s1. The van der Waals surface area contributed by atoms with Crippen LogP contribution >= 0.6 is 0 Å². The zero-order valence-corrected chi connectivity index (χ0v) is 17.0. The van der Waals surface area contributed by atoms with Gasteiger partial charge in [-0.05, 0) is 56.6 Å². The van der Waals surface area contributed by atoms with Crippen LogP contribution in [0.15, 0.2) is 45.4 Å². The molecule has 0 bridgehead atoms. The van der Waals surface area contributed by atoms with E-state index in [-0.39, 0.29) is 23.3 Å². The molecule has 3 aliphatic rings. The second-order valence-corrected chi connectivity index (χ2v) is 9.11. The predicted octanol–water partition coefficient (Wildman–Crippen LogP) is 4.76. The topological polar surface area (TPSA) is 68.5 Å². The smallest absolute Gasteiger partial charge is 0.337 e. The maximum absolute atomic E-state index is 13.2. The van der Waals surface area contributed by atoms with Gasteiger partial charge in [-0.2, -0.15) is 0 Å². The molecule has 0 radical (unpaired) electrons. The highest BCUT2D eigenvalue weighted by Gasteiger charge is 2.44. The van der Waals surface area contributed by atoms with Crippen molar-refractivity contribution in [3.63, 3.8) is 0 Å². The van der Waals surface area contributed by atoms with Crippen molar-refractivity contribution >= 4 is 11.8 Å². The summed E-state index contributed by atoms with van der Waals surface area (Å²) in [6.45, 7) is 6.09. The molecule has 1 aliphatic heterocycles.